The number of halogens is 1. The average Bonchev–Trinajstić information content (AvgIpc) is 2.59. The molecule has 0 saturated heterocycles. The number of hydrogen-bond acceptors (Lipinski definition) is 3. The number of likely N-dealkylation sites (N-methyl/N-ethyl adjacent to an activating group) is 1. The molecule has 0 aliphatic rings. The third-order valence-corrected chi connectivity index (χ3v) is 4.48. The van der Waals surface area contributed by atoms with Gasteiger partial charge in [0.2, 0.25) is 0 Å². The second-order valence-corrected chi connectivity index (χ2v) is 8.17. The number of benzene rings is 1. The van der Waals surface area contributed by atoms with Gasteiger partial charge in [-0.05, 0) is 25.8 Å². The highest BCUT2D eigenvalue weighted by Crippen LogP contribution is 2.13. The van der Waals surface area contributed by atoms with Crippen molar-refractivity contribution in [2.45, 2.75) is 52.2 Å². The van der Waals surface area contributed by atoms with Crippen molar-refractivity contribution in [3.63, 3.8) is 0 Å². The minimum Gasteiger partial charge on any atom is -1.00 e. The Morgan fingerprint density at radius 2 is 1.78 bits per heavy atom. The van der Waals surface area contributed by atoms with E-state index >= 15 is 0 Å². The van der Waals surface area contributed by atoms with Crippen molar-refractivity contribution in [2.24, 2.45) is 0 Å². The van der Waals surface area contributed by atoms with Gasteiger partial charge in [0, 0.05) is 18.6 Å². The molecule has 1 aromatic rings. The maximum Gasteiger partial charge on any atom is 0.407 e. The maximum absolute atomic E-state index is 12.1. The first kappa shape index (κ1) is 25.7. The van der Waals surface area contributed by atoms with Gasteiger partial charge in [-0.15, -0.1) is 0 Å². The molecule has 0 unspecified atom stereocenters. The minimum absolute atomic E-state index is 0. The average molecular weight is 401 g/mol. The molecule has 6 heteroatoms. The molecule has 1 amide bonds. The first-order chi connectivity index (χ1) is 12.2. The molecule has 1 N–H and O–H groups in total. The second kappa shape index (κ2) is 13.0. The summed E-state index contributed by atoms with van der Waals surface area (Å²) < 4.78 is 11.9. The molecule has 0 atom stereocenters. The number of rotatable bonds is 12. The highest BCUT2D eigenvalue weighted by atomic mass is 35.5. The normalized spacial score (nSPS) is 11.6. The van der Waals surface area contributed by atoms with Gasteiger partial charge in [-0.1, -0.05) is 43.7 Å². The van der Waals surface area contributed by atoms with Crippen LogP contribution in [-0.2, 0) is 16.1 Å². The van der Waals surface area contributed by atoms with Gasteiger partial charge in [-0.3, -0.25) is 0 Å². The van der Waals surface area contributed by atoms with Gasteiger partial charge >= 0.3 is 6.09 Å². The summed E-state index contributed by atoms with van der Waals surface area (Å²) in [6.45, 7) is 10.1. The van der Waals surface area contributed by atoms with Crippen molar-refractivity contribution in [3.05, 3.63) is 35.9 Å². The molecule has 0 radical (unpaired) electrons. The fourth-order valence-electron chi connectivity index (χ4n) is 2.45. The number of alkyl carbamates (subject to hydrolysis) is 1. The van der Waals surface area contributed by atoms with E-state index in [1.807, 2.05) is 44.2 Å². The summed E-state index contributed by atoms with van der Waals surface area (Å²) in [7, 11) is 4.40. The Labute approximate surface area is 171 Å². The smallest absolute Gasteiger partial charge is 0.407 e. The van der Waals surface area contributed by atoms with E-state index < -0.39 is 0 Å². The molecule has 156 valence electrons. The number of quaternary nitrogens is 1. The largest absolute Gasteiger partial charge is 1.00 e. The van der Waals surface area contributed by atoms with Crippen LogP contribution in [-0.4, -0.2) is 56.5 Å². The van der Waals surface area contributed by atoms with Crippen LogP contribution in [0.25, 0.3) is 0 Å². The van der Waals surface area contributed by atoms with Gasteiger partial charge in [0.05, 0.1) is 27.2 Å². The monoisotopic (exact) mass is 400 g/mol. The molecule has 0 spiro atoms. The summed E-state index contributed by atoms with van der Waals surface area (Å²) in [5, 5.41) is 2.98. The number of amides is 1. The molecule has 5 nitrogen and oxygen atoms in total. The fraction of sp³-hybridized carbons (Fsp3) is 0.667. The number of carbonyl (C=O) groups is 1. The number of hydrogen-bond donors (Lipinski definition) is 1. The number of nitrogens with one attached hydrogen (secondary N) is 1. The van der Waals surface area contributed by atoms with E-state index in [-0.39, 0.29) is 24.0 Å². The first-order valence-electron chi connectivity index (χ1n) is 9.63. The Morgan fingerprint density at radius 3 is 2.41 bits per heavy atom. The minimum atomic E-state index is -0.368. The van der Waals surface area contributed by atoms with Gasteiger partial charge in [-0.25, -0.2) is 4.79 Å². The van der Waals surface area contributed by atoms with E-state index in [1.54, 1.807) is 0 Å². The zero-order chi connectivity index (χ0) is 19.5. The van der Waals surface area contributed by atoms with Crippen LogP contribution in [0.5, 0.6) is 0 Å². The molecule has 0 bridgehead atoms. The highest BCUT2D eigenvalue weighted by Gasteiger charge is 2.26. The molecular formula is C21H37ClN2O3. The van der Waals surface area contributed by atoms with Crippen molar-refractivity contribution in [2.75, 3.05) is 40.4 Å². The van der Waals surface area contributed by atoms with Crippen molar-refractivity contribution >= 4 is 6.09 Å². The molecule has 0 fully saturated rings. The zero-order valence-corrected chi connectivity index (χ0v) is 18.3. The van der Waals surface area contributed by atoms with Crippen LogP contribution in [0, 0.1) is 0 Å². The van der Waals surface area contributed by atoms with Crippen LogP contribution in [0.4, 0.5) is 4.79 Å². The van der Waals surface area contributed by atoms with Crippen molar-refractivity contribution < 1.29 is 31.2 Å². The lowest BCUT2D eigenvalue weighted by atomic mass is 10.0. The molecule has 0 heterocycles. The predicted molar refractivity (Wildman–Crippen MR) is 106 cm³/mol. The summed E-state index contributed by atoms with van der Waals surface area (Å²) in [5.74, 6) is 0. The van der Waals surface area contributed by atoms with Crippen LogP contribution in [0.3, 0.4) is 0 Å². The van der Waals surface area contributed by atoms with E-state index in [2.05, 4.69) is 26.3 Å². The van der Waals surface area contributed by atoms with E-state index in [0.29, 0.717) is 6.61 Å². The Kier molecular flexibility index (Phi) is 12.4. The summed E-state index contributed by atoms with van der Waals surface area (Å²) >= 11 is 0. The molecule has 0 aliphatic heterocycles. The number of ether oxygens (including phenoxy) is 2. The molecule has 0 saturated carbocycles. The van der Waals surface area contributed by atoms with Gasteiger partial charge in [0.1, 0.15) is 13.2 Å². The number of carbonyl (C=O) groups excluding carboxylic acids is 1. The van der Waals surface area contributed by atoms with Gasteiger partial charge in [0.15, 0.2) is 0 Å². The standard InChI is InChI=1S/C21H36N2O3.ClH/c1-6-7-16-25-17-15-23(4,5)14-13-21(2,3)22-20(24)26-18-19-11-9-8-10-12-19;/h8-12H,6-7,13-18H2,1-5H3;1H. The summed E-state index contributed by atoms with van der Waals surface area (Å²) in [6, 6.07) is 9.71. The predicted octanol–water partition coefficient (Wildman–Crippen LogP) is 0.979. The van der Waals surface area contributed by atoms with E-state index in [1.165, 1.54) is 6.42 Å². The molecular weight excluding hydrogens is 364 g/mol. The SMILES string of the molecule is CCCCOCC[N+](C)(C)CCC(C)(C)NC(=O)OCc1ccccc1.[Cl-]. The van der Waals surface area contributed by atoms with Crippen LogP contribution < -0.4 is 17.7 Å². The second-order valence-electron chi connectivity index (χ2n) is 8.17. The van der Waals surface area contributed by atoms with Crippen molar-refractivity contribution in [3.8, 4) is 0 Å². The Hall–Kier alpha value is -1.30. The van der Waals surface area contributed by atoms with Crippen LogP contribution in [0.1, 0.15) is 45.6 Å². The molecule has 0 aliphatic carbocycles. The third kappa shape index (κ3) is 12.7. The van der Waals surface area contributed by atoms with Crippen molar-refractivity contribution in [1.29, 1.82) is 0 Å². The molecule has 27 heavy (non-hydrogen) atoms. The van der Waals surface area contributed by atoms with E-state index in [4.69, 9.17) is 9.47 Å². The highest BCUT2D eigenvalue weighted by molar-refractivity contribution is 5.68. The molecule has 0 aromatic heterocycles. The van der Waals surface area contributed by atoms with Crippen LogP contribution >= 0.6 is 0 Å². The topological polar surface area (TPSA) is 47.6 Å². The van der Waals surface area contributed by atoms with E-state index in [0.717, 1.165) is 49.2 Å². The van der Waals surface area contributed by atoms with E-state index in [9.17, 15) is 4.79 Å². The zero-order valence-electron chi connectivity index (χ0n) is 17.6. The maximum atomic E-state index is 12.1. The Morgan fingerprint density at radius 1 is 1.11 bits per heavy atom. The lowest BCUT2D eigenvalue weighted by Crippen LogP contribution is -3.00. The fourth-order valence-corrected chi connectivity index (χ4v) is 2.45. The third-order valence-electron chi connectivity index (χ3n) is 4.48. The van der Waals surface area contributed by atoms with Gasteiger partial charge < -0.3 is 31.7 Å². The lowest BCUT2D eigenvalue weighted by Gasteiger charge is -2.34. The number of nitrogens with zero attached hydrogens (tertiary/aromatic N) is 1. The van der Waals surface area contributed by atoms with Crippen molar-refractivity contribution in [1.82, 2.24) is 5.32 Å². The lowest BCUT2D eigenvalue weighted by molar-refractivity contribution is -0.891. The molecule has 1 aromatic carbocycles. The Balaban J connectivity index is 0.00000676. The van der Waals surface area contributed by atoms with Gasteiger partial charge in [-0.2, -0.15) is 0 Å². The summed E-state index contributed by atoms with van der Waals surface area (Å²) in [5.41, 5.74) is 0.674. The Bertz CT molecular complexity index is 521. The van der Waals surface area contributed by atoms with Crippen LogP contribution in [0.2, 0.25) is 0 Å². The quantitative estimate of drug-likeness (QED) is 0.420. The number of unbranched alkanes of at least 4 members (excludes halogenated alkanes) is 1. The molecule has 1 rings (SSSR count). The van der Waals surface area contributed by atoms with Crippen LogP contribution in [0.15, 0.2) is 30.3 Å². The summed E-state index contributed by atoms with van der Waals surface area (Å²) in [4.78, 5) is 12.1. The first-order valence-corrected chi connectivity index (χ1v) is 9.63. The summed E-state index contributed by atoms with van der Waals surface area (Å²) in [6.07, 6.45) is 2.79. The van der Waals surface area contributed by atoms with Gasteiger partial charge in [0.25, 0.3) is 0 Å².